The summed E-state index contributed by atoms with van der Waals surface area (Å²) in [5.41, 5.74) is -0.586. The lowest BCUT2D eigenvalue weighted by atomic mass is 9.56. The summed E-state index contributed by atoms with van der Waals surface area (Å²) in [6.07, 6.45) is 2.34. The van der Waals surface area contributed by atoms with Gasteiger partial charge in [0, 0.05) is 0 Å². The summed E-state index contributed by atoms with van der Waals surface area (Å²) >= 11 is 0. The molecule has 0 heterocycles. The summed E-state index contributed by atoms with van der Waals surface area (Å²) in [5.74, 6) is -1.06. The molecule has 108 valence electrons. The average Bonchev–Trinajstić information content (AvgIpc) is 3.15. The Morgan fingerprint density at radius 3 is 2.30 bits per heavy atom. The molecule has 0 aromatic rings. The van der Waals surface area contributed by atoms with E-state index in [4.69, 9.17) is 4.74 Å². The highest BCUT2D eigenvalue weighted by Crippen LogP contribution is 2.56. The number of methoxy groups -OCH3 is 1. The van der Waals surface area contributed by atoms with Gasteiger partial charge in [0.05, 0.1) is 18.9 Å². The van der Waals surface area contributed by atoms with Crippen molar-refractivity contribution in [3.63, 3.8) is 0 Å². The van der Waals surface area contributed by atoms with E-state index in [0.717, 1.165) is 5.57 Å². The second-order valence-corrected chi connectivity index (χ2v) is 6.20. The zero-order chi connectivity index (χ0) is 14.5. The molecule has 2 bridgehead atoms. The van der Waals surface area contributed by atoms with Gasteiger partial charge in [-0.15, -0.1) is 0 Å². The monoisotopic (exact) mass is 280 g/mol. The van der Waals surface area contributed by atoms with Crippen molar-refractivity contribution >= 4 is 17.5 Å². The quantitative estimate of drug-likeness (QED) is 0.571. The highest BCUT2D eigenvalue weighted by atomic mass is 19.1. The molecule has 0 unspecified atom stereocenters. The third-order valence-corrected chi connectivity index (χ3v) is 4.85. The van der Waals surface area contributed by atoms with Crippen LogP contribution in [0.25, 0.3) is 0 Å². The molecule has 0 aliphatic heterocycles. The van der Waals surface area contributed by atoms with Crippen LogP contribution in [0, 0.1) is 5.41 Å². The summed E-state index contributed by atoms with van der Waals surface area (Å²) in [7, 11) is 1.37. The highest BCUT2D eigenvalue weighted by molar-refractivity contribution is 6.11. The fraction of sp³-hybridized carbons (Fsp3) is 0.667. The van der Waals surface area contributed by atoms with E-state index in [-0.39, 0.29) is 31.0 Å². The number of allylic oxidation sites excluding steroid dienone is 2. The van der Waals surface area contributed by atoms with Crippen LogP contribution in [-0.2, 0) is 19.1 Å². The normalized spacial score (nSPS) is 24.7. The molecule has 2 saturated carbocycles. The summed E-state index contributed by atoms with van der Waals surface area (Å²) in [6.45, 7) is 0. The Labute approximate surface area is 116 Å². The van der Waals surface area contributed by atoms with E-state index in [1.165, 1.54) is 7.11 Å². The minimum Gasteiger partial charge on any atom is -0.469 e. The van der Waals surface area contributed by atoms with Crippen molar-refractivity contribution in [3.8, 4) is 0 Å². The third-order valence-electron chi connectivity index (χ3n) is 4.85. The second kappa shape index (κ2) is 4.24. The van der Waals surface area contributed by atoms with E-state index in [9.17, 15) is 18.8 Å². The molecule has 5 heteroatoms. The smallest absolute Gasteiger partial charge is 0.312 e. The van der Waals surface area contributed by atoms with Crippen LogP contribution in [0.5, 0.6) is 0 Å². The van der Waals surface area contributed by atoms with Crippen molar-refractivity contribution in [1.82, 2.24) is 0 Å². The number of rotatable bonds is 5. The Bertz CT molecular complexity index is 534. The molecule has 4 aliphatic rings. The SMILES string of the molecule is COC(=O)C12CCC(C(=O)CC(=O)C3(F)CC3)=C(C1)C2. The fourth-order valence-electron chi connectivity index (χ4n) is 3.30. The predicted octanol–water partition coefficient (Wildman–Crippen LogP) is 2.06. The van der Waals surface area contributed by atoms with Crippen molar-refractivity contribution in [1.29, 1.82) is 0 Å². The standard InChI is InChI=1S/C15H17FO4/c1-20-13(19)14-3-2-10(9(7-14)8-14)11(17)6-12(18)15(16)4-5-15/h2-8H2,1H3. The van der Waals surface area contributed by atoms with Crippen molar-refractivity contribution in [2.45, 2.75) is 50.6 Å². The van der Waals surface area contributed by atoms with Crippen molar-refractivity contribution in [2.24, 2.45) is 5.41 Å². The van der Waals surface area contributed by atoms with Gasteiger partial charge in [0.25, 0.3) is 0 Å². The number of alkyl halides is 1. The van der Waals surface area contributed by atoms with Gasteiger partial charge < -0.3 is 4.74 Å². The molecule has 0 atom stereocenters. The summed E-state index contributed by atoms with van der Waals surface area (Å²) < 4.78 is 18.4. The number of carbonyl (C=O) groups is 3. The lowest BCUT2D eigenvalue weighted by Crippen LogP contribution is -2.44. The number of carbonyl (C=O) groups excluding carboxylic acids is 3. The first-order valence-electron chi connectivity index (χ1n) is 6.95. The van der Waals surface area contributed by atoms with Crippen molar-refractivity contribution in [2.75, 3.05) is 7.11 Å². The van der Waals surface area contributed by atoms with E-state index in [1.807, 2.05) is 0 Å². The molecule has 4 nitrogen and oxygen atoms in total. The van der Waals surface area contributed by atoms with E-state index < -0.39 is 16.9 Å². The molecular formula is C15H17FO4. The van der Waals surface area contributed by atoms with E-state index in [2.05, 4.69) is 0 Å². The molecule has 20 heavy (non-hydrogen) atoms. The first-order chi connectivity index (χ1) is 9.40. The van der Waals surface area contributed by atoms with Crippen LogP contribution in [0.4, 0.5) is 4.39 Å². The van der Waals surface area contributed by atoms with Gasteiger partial charge in [0.2, 0.25) is 0 Å². The summed E-state index contributed by atoms with van der Waals surface area (Å²) in [5, 5.41) is 0. The predicted molar refractivity (Wildman–Crippen MR) is 67.6 cm³/mol. The van der Waals surface area contributed by atoms with Crippen LogP contribution in [0.15, 0.2) is 11.1 Å². The molecule has 0 aromatic heterocycles. The van der Waals surface area contributed by atoms with Crippen LogP contribution in [0.2, 0.25) is 0 Å². The number of fused-ring (bicyclic) bond motifs is 2. The molecule has 0 N–H and O–H groups in total. The minimum atomic E-state index is -1.73. The number of ether oxygens (including phenoxy) is 1. The van der Waals surface area contributed by atoms with Gasteiger partial charge in [-0.25, -0.2) is 4.39 Å². The molecule has 2 fully saturated rings. The lowest BCUT2D eigenvalue weighted by molar-refractivity contribution is -0.157. The number of hydrogen-bond donors (Lipinski definition) is 0. The van der Waals surface area contributed by atoms with Gasteiger partial charge in [-0.1, -0.05) is 5.57 Å². The number of ketones is 2. The fourth-order valence-corrected chi connectivity index (χ4v) is 3.30. The third kappa shape index (κ3) is 1.91. The molecule has 0 aromatic carbocycles. The maximum Gasteiger partial charge on any atom is 0.312 e. The molecule has 4 aliphatic carbocycles. The zero-order valence-electron chi connectivity index (χ0n) is 11.5. The Hall–Kier alpha value is -1.52. The van der Waals surface area contributed by atoms with E-state index in [1.54, 1.807) is 0 Å². The largest absolute Gasteiger partial charge is 0.469 e. The minimum absolute atomic E-state index is 0.218. The number of hydrogen-bond acceptors (Lipinski definition) is 4. The van der Waals surface area contributed by atoms with Gasteiger partial charge in [-0.05, 0) is 44.1 Å². The van der Waals surface area contributed by atoms with Crippen LogP contribution >= 0.6 is 0 Å². The molecule has 0 radical (unpaired) electrons. The second-order valence-electron chi connectivity index (χ2n) is 6.20. The first kappa shape index (κ1) is 13.5. The number of esters is 1. The molecular weight excluding hydrogens is 263 g/mol. The van der Waals surface area contributed by atoms with Gasteiger partial charge >= 0.3 is 5.97 Å². The van der Waals surface area contributed by atoms with Gasteiger partial charge in [0.15, 0.2) is 17.2 Å². The Balaban J connectivity index is 1.67. The molecule has 4 rings (SSSR count). The molecule has 0 amide bonds. The first-order valence-corrected chi connectivity index (χ1v) is 6.95. The summed E-state index contributed by atoms with van der Waals surface area (Å²) in [6, 6.07) is 0. The Kier molecular flexibility index (Phi) is 2.85. The Morgan fingerprint density at radius 1 is 1.20 bits per heavy atom. The Morgan fingerprint density at radius 2 is 1.85 bits per heavy atom. The van der Waals surface area contributed by atoms with Gasteiger partial charge in [-0.2, -0.15) is 0 Å². The topological polar surface area (TPSA) is 60.4 Å². The highest BCUT2D eigenvalue weighted by Gasteiger charge is 2.54. The maximum atomic E-state index is 13.6. The maximum absolute atomic E-state index is 13.6. The van der Waals surface area contributed by atoms with E-state index >= 15 is 0 Å². The van der Waals surface area contributed by atoms with Crippen molar-refractivity contribution in [3.05, 3.63) is 11.1 Å². The summed E-state index contributed by atoms with van der Waals surface area (Å²) in [4.78, 5) is 35.4. The molecule has 0 spiro atoms. The lowest BCUT2D eigenvalue weighted by Gasteiger charge is -2.46. The number of halogens is 1. The zero-order valence-corrected chi connectivity index (χ0v) is 11.5. The van der Waals surface area contributed by atoms with Crippen molar-refractivity contribution < 1.29 is 23.5 Å². The van der Waals surface area contributed by atoms with Gasteiger partial charge in [-0.3, -0.25) is 14.4 Å². The van der Waals surface area contributed by atoms with Crippen LogP contribution in [-0.4, -0.2) is 30.3 Å². The van der Waals surface area contributed by atoms with Crippen LogP contribution in [0.3, 0.4) is 0 Å². The van der Waals surface area contributed by atoms with E-state index in [0.29, 0.717) is 31.3 Å². The molecule has 0 saturated heterocycles. The van der Waals surface area contributed by atoms with Crippen LogP contribution < -0.4 is 0 Å². The van der Waals surface area contributed by atoms with Gasteiger partial charge in [0.1, 0.15) is 0 Å². The average molecular weight is 280 g/mol. The van der Waals surface area contributed by atoms with Crippen LogP contribution in [0.1, 0.15) is 44.9 Å². The number of Topliss-reactive ketones (excluding diaryl/α,β-unsaturated/α-hetero) is 2.